The van der Waals surface area contributed by atoms with Crippen molar-refractivity contribution < 1.29 is 74.0 Å². The average molecular weight is 651 g/mol. The number of hydrogen-bond acceptors (Lipinski definition) is 12. The van der Waals surface area contributed by atoms with Gasteiger partial charge in [0, 0.05) is 39.0 Å². The van der Waals surface area contributed by atoms with Crippen molar-refractivity contribution in [3.05, 3.63) is 34.7 Å². The van der Waals surface area contributed by atoms with Crippen molar-refractivity contribution in [2.75, 3.05) is 13.1 Å². The number of carboxylic acid groups (broad SMARTS) is 1. The van der Waals surface area contributed by atoms with E-state index in [1.165, 1.54) is 16.0 Å². The van der Waals surface area contributed by atoms with E-state index in [4.69, 9.17) is 55.8 Å². The molecule has 0 aromatic heterocycles. The van der Waals surface area contributed by atoms with Crippen molar-refractivity contribution >= 4 is 29.7 Å². The van der Waals surface area contributed by atoms with E-state index in [2.05, 4.69) is 40.9 Å². The quantitative estimate of drug-likeness (QED) is 0.0256. The molecular formula is C15H22N9O14Tc-. The Morgan fingerprint density at radius 2 is 1.31 bits per heavy atom. The molecule has 1 rings (SSSR count). The molecule has 0 aromatic rings. The molecular weight excluding hydrogens is 629 g/mol. The predicted molar refractivity (Wildman–Crippen MR) is 111 cm³/mol. The van der Waals surface area contributed by atoms with Gasteiger partial charge in [0.1, 0.15) is 12.1 Å². The van der Waals surface area contributed by atoms with Crippen LogP contribution in [0.4, 0.5) is 0 Å². The van der Waals surface area contributed by atoms with Crippen LogP contribution in [-0.4, -0.2) is 70.4 Å². The Morgan fingerprint density at radius 1 is 0.897 bits per heavy atom. The third-order valence-corrected chi connectivity index (χ3v) is 3.02. The number of hydrogen-bond donors (Lipinski definition) is 8. The van der Waals surface area contributed by atoms with Crippen LogP contribution in [0.25, 0.3) is 0 Å². The number of rotatable bonds is 6. The number of aliphatic carboxylic acids is 1. The first kappa shape index (κ1) is 51.0. The number of nitrogens with two attached hydrogens (primary N) is 2. The van der Waals surface area contributed by atoms with Gasteiger partial charge in [0.05, 0.1) is 6.54 Å². The van der Waals surface area contributed by atoms with E-state index in [-0.39, 0.29) is 45.6 Å². The SMILES string of the molecule is NC(N)=NCCC[C@H]1NC(=O)[C@H](CC(=O)[O-])NC(=O)CNC1=O.O=NO.O=NO.O=NO.[99Tc].[C-]#[O+].[C-]#[O+].[C-]#[O+]. The summed E-state index contributed by atoms with van der Waals surface area (Å²) in [5.41, 5.74) is 10.4. The molecule has 10 N–H and O–H groups in total. The normalized spacial score (nSPS) is 13.9. The maximum absolute atomic E-state index is 12.0. The number of aliphatic imine (C=N–C) groups is 1. The van der Waals surface area contributed by atoms with Gasteiger partial charge in [-0.25, -0.2) is 0 Å². The molecule has 0 spiro atoms. The van der Waals surface area contributed by atoms with Crippen LogP contribution in [0, 0.1) is 34.7 Å². The fraction of sp³-hybridized carbons (Fsp3) is 0.467. The molecule has 0 aromatic carbocycles. The molecule has 1 heterocycles. The summed E-state index contributed by atoms with van der Waals surface area (Å²) in [4.78, 5) is 74.3. The molecule has 23 nitrogen and oxygen atoms in total. The first-order chi connectivity index (χ1) is 18.0. The topological polar surface area (TPSA) is 401 Å². The maximum atomic E-state index is 12.0. The van der Waals surface area contributed by atoms with E-state index < -0.39 is 42.2 Å². The van der Waals surface area contributed by atoms with E-state index in [1.807, 2.05) is 0 Å². The summed E-state index contributed by atoms with van der Waals surface area (Å²) >= 11 is 0. The molecule has 0 aliphatic carbocycles. The van der Waals surface area contributed by atoms with Crippen LogP contribution >= 0.6 is 0 Å². The number of guanidine groups is 1. The van der Waals surface area contributed by atoms with Crippen molar-refractivity contribution in [1.82, 2.24) is 16.0 Å². The van der Waals surface area contributed by atoms with Crippen LogP contribution in [-0.2, 0) is 53.2 Å². The molecule has 39 heavy (non-hydrogen) atoms. The molecule has 24 heteroatoms. The second kappa shape index (κ2) is 43.3. The average Bonchev–Trinajstić information content (AvgIpc) is 2.92. The Hall–Kier alpha value is -4.78. The van der Waals surface area contributed by atoms with Gasteiger partial charge >= 0.3 is 33.9 Å². The molecule has 3 amide bonds. The zero-order valence-corrected chi connectivity index (χ0v) is 21.2. The van der Waals surface area contributed by atoms with Crippen molar-refractivity contribution in [3.8, 4) is 0 Å². The third-order valence-electron chi connectivity index (χ3n) is 3.02. The molecule has 1 aliphatic rings. The number of nitrogens with zero attached hydrogens (tertiary/aromatic N) is 4. The van der Waals surface area contributed by atoms with Gasteiger partial charge in [-0.05, 0) is 12.8 Å². The Kier molecular flexibility index (Phi) is 56.6. The van der Waals surface area contributed by atoms with Crippen LogP contribution in [0.1, 0.15) is 19.3 Å². The predicted octanol–water partition coefficient (Wildman–Crippen LogP) is -4.41. The zero-order chi connectivity index (χ0) is 31.5. The van der Waals surface area contributed by atoms with Crippen molar-refractivity contribution in [3.63, 3.8) is 0 Å². The van der Waals surface area contributed by atoms with Crippen LogP contribution in [0.15, 0.2) is 21.0 Å². The number of amides is 3. The van der Waals surface area contributed by atoms with Gasteiger partial charge < -0.3 is 52.9 Å². The van der Waals surface area contributed by atoms with Gasteiger partial charge in [0.2, 0.25) is 17.7 Å². The Balaban J connectivity index is -0.000000108. The van der Waals surface area contributed by atoms with Crippen molar-refractivity contribution in [1.29, 1.82) is 0 Å². The molecule has 0 saturated carbocycles. The Bertz CT molecular complexity index is 759. The molecule has 1 fully saturated rings. The molecule has 1 radical (unpaired) electrons. The molecule has 1 saturated heterocycles. The van der Waals surface area contributed by atoms with E-state index in [9.17, 15) is 24.3 Å². The summed E-state index contributed by atoms with van der Waals surface area (Å²) in [5.74, 6) is -3.57. The molecule has 0 bridgehead atoms. The van der Waals surface area contributed by atoms with Gasteiger partial charge in [-0.15, -0.1) is 14.7 Å². The number of carbonyl (C=O) groups is 4. The van der Waals surface area contributed by atoms with E-state index in [0.717, 1.165) is 0 Å². The fourth-order valence-electron chi connectivity index (χ4n) is 1.96. The molecule has 1 aliphatic heterocycles. The summed E-state index contributed by atoms with van der Waals surface area (Å²) in [6, 6.07) is -2.23. The summed E-state index contributed by atoms with van der Waals surface area (Å²) in [6.45, 7) is 13.4. The van der Waals surface area contributed by atoms with Gasteiger partial charge in [0.25, 0.3) is 0 Å². The standard InChI is InChI=1S/C12H20N6O5.3CO.3HNO2.Tc/c13-12(14)15-3-1-2-6-10(22)16-5-8(19)17-7(4-9(20)21)11(23)18-6;3*1-2;3*2-1-3;/h6-7H,1-5H2,(H,16,22)(H,17,19)(H,18,23)(H,20,21)(H4,13,14,15);;;;3*(H,2,3);/p-1/t6-,7+;;;;;;;/m1......./s1/i;;;;;;;1+1. The van der Waals surface area contributed by atoms with Crippen LogP contribution in [0.3, 0.4) is 0 Å². The van der Waals surface area contributed by atoms with Gasteiger partial charge in [-0.2, -0.15) is 0 Å². The minimum absolute atomic E-state index is 0. The van der Waals surface area contributed by atoms with Gasteiger partial charge in [-0.3, -0.25) is 19.4 Å². The first-order valence-electron chi connectivity index (χ1n) is 8.68. The molecule has 2 atom stereocenters. The van der Waals surface area contributed by atoms with Gasteiger partial charge in [-0.1, -0.05) is 0 Å². The van der Waals surface area contributed by atoms with Crippen LogP contribution in [0.2, 0.25) is 0 Å². The van der Waals surface area contributed by atoms with E-state index in [0.29, 0.717) is 6.42 Å². The van der Waals surface area contributed by atoms with Gasteiger partial charge in [0.15, 0.2) is 22.0 Å². The first-order valence-corrected chi connectivity index (χ1v) is 8.68. The third kappa shape index (κ3) is 43.7. The fourth-order valence-corrected chi connectivity index (χ4v) is 1.96. The van der Waals surface area contributed by atoms with Crippen LogP contribution in [0.5, 0.6) is 0 Å². The summed E-state index contributed by atoms with van der Waals surface area (Å²) in [5, 5.41) is 41.3. The van der Waals surface area contributed by atoms with Crippen molar-refractivity contribution in [2.24, 2.45) is 32.5 Å². The minimum atomic E-state index is -1.49. The molecule has 219 valence electrons. The summed E-state index contributed by atoms with van der Waals surface area (Å²) in [6.07, 6.45) is -0.0597. The Morgan fingerprint density at radius 3 is 1.67 bits per heavy atom. The summed E-state index contributed by atoms with van der Waals surface area (Å²) in [7, 11) is 0. The van der Waals surface area contributed by atoms with Crippen molar-refractivity contribution in [2.45, 2.75) is 31.3 Å². The second-order valence-electron chi connectivity index (χ2n) is 5.17. The number of carboxylic acids is 1. The number of carbonyl (C=O) groups excluding carboxylic acids is 4. The van der Waals surface area contributed by atoms with Crippen LogP contribution < -0.4 is 32.5 Å². The molecule has 0 unspecified atom stereocenters. The number of nitrogens with one attached hydrogen (secondary N) is 3. The Labute approximate surface area is 231 Å². The second-order valence-corrected chi connectivity index (χ2v) is 5.17. The zero-order valence-electron chi connectivity index (χ0n) is 19.3. The van der Waals surface area contributed by atoms with E-state index in [1.54, 1.807) is 0 Å². The summed E-state index contributed by atoms with van der Waals surface area (Å²) < 4.78 is 22.5. The van der Waals surface area contributed by atoms with E-state index >= 15 is 0 Å². The monoisotopic (exact) mass is 651 g/mol.